The summed E-state index contributed by atoms with van der Waals surface area (Å²) < 4.78 is 4.67. The average molecular weight is 165 g/mol. The van der Waals surface area contributed by atoms with Crippen LogP contribution in [0.15, 0.2) is 12.4 Å². The molecular formula is C7H7N3O2. The van der Waals surface area contributed by atoms with Gasteiger partial charge in [-0.3, -0.25) is 0 Å². The molecule has 1 aromatic rings. The fraction of sp³-hybridized carbons (Fsp3) is 0.286. The number of nitrogens with zero attached hydrogens (tertiary/aromatic N) is 2. The monoisotopic (exact) mass is 165 g/mol. The molecule has 0 saturated heterocycles. The highest BCUT2D eigenvalue weighted by molar-refractivity contribution is 5.85. The highest BCUT2D eigenvalue weighted by atomic mass is 16.5. The minimum Gasteiger partial charge on any atom is -0.459 e. The molecule has 0 aliphatic carbocycles. The lowest BCUT2D eigenvalue weighted by Crippen LogP contribution is -2.07. The molecule has 1 N–H and O–H groups in total. The third kappa shape index (κ3) is 2.09. The Bertz CT molecular complexity index is 286. The molecule has 0 amide bonds. The lowest BCUT2D eigenvalue weighted by atomic mass is 10.5. The first kappa shape index (κ1) is 8.27. The summed E-state index contributed by atoms with van der Waals surface area (Å²) >= 11 is 0. The number of aromatic nitrogens is 2. The molecule has 0 spiro atoms. The third-order valence-corrected chi connectivity index (χ3v) is 1.14. The number of nitrogens with one attached hydrogen (secondary N) is 1. The van der Waals surface area contributed by atoms with Crippen LogP contribution in [0.25, 0.3) is 0 Å². The maximum Gasteiger partial charge on any atom is 0.374 e. The number of H-pyrrole nitrogens is 1. The number of nitriles is 1. The highest BCUT2D eigenvalue weighted by Crippen LogP contribution is 1.93. The second-order valence-electron chi connectivity index (χ2n) is 1.98. The zero-order valence-corrected chi connectivity index (χ0v) is 6.28. The summed E-state index contributed by atoms with van der Waals surface area (Å²) in [4.78, 5) is 17.2. The standard InChI is InChI=1S/C7H7N3O2/c8-2-1-5-12-7(11)6-9-3-4-10-6/h3-4H,1,5H2,(H,9,10). The number of carbonyl (C=O) groups excluding carboxylic acids is 1. The molecule has 0 aliphatic heterocycles. The van der Waals surface area contributed by atoms with Gasteiger partial charge in [-0.2, -0.15) is 5.26 Å². The summed E-state index contributed by atoms with van der Waals surface area (Å²) in [6.07, 6.45) is 3.19. The van der Waals surface area contributed by atoms with Crippen molar-refractivity contribution in [1.29, 1.82) is 5.26 Å². The fourth-order valence-corrected chi connectivity index (χ4v) is 0.635. The van der Waals surface area contributed by atoms with Gasteiger partial charge in [-0.15, -0.1) is 0 Å². The molecule has 62 valence electrons. The number of ether oxygens (including phenoxy) is 1. The number of rotatable bonds is 3. The normalized spacial score (nSPS) is 8.92. The van der Waals surface area contributed by atoms with Crippen LogP contribution in [0.2, 0.25) is 0 Å². The van der Waals surface area contributed by atoms with Gasteiger partial charge >= 0.3 is 5.97 Å². The van der Waals surface area contributed by atoms with Gasteiger partial charge in [0.2, 0.25) is 5.82 Å². The molecule has 1 aromatic heterocycles. The van der Waals surface area contributed by atoms with Gasteiger partial charge in [-0.25, -0.2) is 9.78 Å². The van der Waals surface area contributed by atoms with Gasteiger partial charge in [0, 0.05) is 12.4 Å². The van der Waals surface area contributed by atoms with Crippen LogP contribution in [0.5, 0.6) is 0 Å². The smallest absolute Gasteiger partial charge is 0.374 e. The van der Waals surface area contributed by atoms with Crippen LogP contribution in [0, 0.1) is 11.3 Å². The molecule has 0 saturated carbocycles. The molecule has 0 unspecified atom stereocenters. The highest BCUT2D eigenvalue weighted by Gasteiger charge is 2.07. The average Bonchev–Trinajstić information content (AvgIpc) is 2.56. The predicted molar refractivity (Wildman–Crippen MR) is 39.1 cm³/mol. The Labute approximate surface area is 69.0 Å². The number of imidazole rings is 1. The molecule has 5 nitrogen and oxygen atoms in total. The summed E-state index contributed by atoms with van der Waals surface area (Å²) in [7, 11) is 0. The van der Waals surface area contributed by atoms with Crippen LogP contribution in [-0.4, -0.2) is 22.5 Å². The second-order valence-corrected chi connectivity index (χ2v) is 1.98. The Balaban J connectivity index is 2.36. The molecule has 0 aliphatic rings. The fourth-order valence-electron chi connectivity index (χ4n) is 0.635. The first-order valence-corrected chi connectivity index (χ1v) is 3.38. The van der Waals surface area contributed by atoms with Crippen molar-refractivity contribution in [3.63, 3.8) is 0 Å². The maximum absolute atomic E-state index is 11.0. The van der Waals surface area contributed by atoms with E-state index >= 15 is 0 Å². The van der Waals surface area contributed by atoms with E-state index in [9.17, 15) is 4.79 Å². The Morgan fingerprint density at radius 3 is 3.25 bits per heavy atom. The molecule has 0 radical (unpaired) electrons. The molecule has 12 heavy (non-hydrogen) atoms. The molecule has 0 atom stereocenters. The van der Waals surface area contributed by atoms with E-state index in [-0.39, 0.29) is 18.9 Å². The number of hydrogen-bond donors (Lipinski definition) is 1. The van der Waals surface area contributed by atoms with Gasteiger partial charge in [0.25, 0.3) is 0 Å². The van der Waals surface area contributed by atoms with Crippen molar-refractivity contribution >= 4 is 5.97 Å². The summed E-state index contributed by atoms with van der Waals surface area (Å²) in [6.45, 7) is 0.107. The van der Waals surface area contributed by atoms with Gasteiger partial charge in [-0.1, -0.05) is 0 Å². The van der Waals surface area contributed by atoms with E-state index < -0.39 is 5.97 Å². The van der Waals surface area contributed by atoms with E-state index in [4.69, 9.17) is 5.26 Å². The number of esters is 1. The van der Waals surface area contributed by atoms with Gasteiger partial charge in [0.15, 0.2) is 0 Å². The van der Waals surface area contributed by atoms with E-state index in [1.165, 1.54) is 12.4 Å². The molecule has 1 rings (SSSR count). The number of aromatic amines is 1. The molecular weight excluding hydrogens is 158 g/mol. The van der Waals surface area contributed by atoms with Crippen LogP contribution >= 0.6 is 0 Å². The van der Waals surface area contributed by atoms with Gasteiger partial charge in [0.05, 0.1) is 12.5 Å². The summed E-state index contributed by atoms with van der Waals surface area (Å²) in [6, 6.07) is 1.86. The Hall–Kier alpha value is -1.83. The molecule has 1 heterocycles. The van der Waals surface area contributed by atoms with Crippen molar-refractivity contribution in [2.75, 3.05) is 6.61 Å². The predicted octanol–water partition coefficient (Wildman–Crippen LogP) is 0.480. The zero-order valence-electron chi connectivity index (χ0n) is 6.28. The van der Waals surface area contributed by atoms with Crippen LogP contribution < -0.4 is 0 Å². The second kappa shape index (κ2) is 4.13. The lowest BCUT2D eigenvalue weighted by Gasteiger charge is -1.97. The minimum absolute atomic E-state index is 0.107. The van der Waals surface area contributed by atoms with Crippen LogP contribution in [-0.2, 0) is 4.74 Å². The quantitative estimate of drug-likeness (QED) is 0.521. The zero-order chi connectivity index (χ0) is 8.81. The molecule has 0 fully saturated rings. The van der Waals surface area contributed by atoms with Crippen LogP contribution in [0.1, 0.15) is 17.0 Å². The van der Waals surface area contributed by atoms with Crippen LogP contribution in [0.3, 0.4) is 0 Å². The Morgan fingerprint density at radius 2 is 2.67 bits per heavy atom. The maximum atomic E-state index is 11.0. The summed E-state index contributed by atoms with van der Waals surface area (Å²) in [5.41, 5.74) is 0. The van der Waals surface area contributed by atoms with E-state index in [2.05, 4.69) is 14.7 Å². The van der Waals surface area contributed by atoms with Crippen molar-refractivity contribution in [2.24, 2.45) is 0 Å². The van der Waals surface area contributed by atoms with E-state index in [1.807, 2.05) is 6.07 Å². The van der Waals surface area contributed by atoms with Crippen molar-refractivity contribution in [2.45, 2.75) is 6.42 Å². The van der Waals surface area contributed by atoms with Gasteiger partial charge in [0.1, 0.15) is 6.61 Å². The Kier molecular flexibility index (Phi) is 2.85. The van der Waals surface area contributed by atoms with E-state index in [0.29, 0.717) is 0 Å². The van der Waals surface area contributed by atoms with Crippen molar-refractivity contribution < 1.29 is 9.53 Å². The Morgan fingerprint density at radius 1 is 1.83 bits per heavy atom. The largest absolute Gasteiger partial charge is 0.459 e. The van der Waals surface area contributed by atoms with E-state index in [1.54, 1.807) is 0 Å². The van der Waals surface area contributed by atoms with Crippen LogP contribution in [0.4, 0.5) is 0 Å². The molecule has 0 aromatic carbocycles. The summed E-state index contributed by atoms with van der Waals surface area (Å²) in [5, 5.41) is 8.14. The molecule has 5 heteroatoms. The molecule has 0 bridgehead atoms. The van der Waals surface area contributed by atoms with Crippen molar-refractivity contribution in [1.82, 2.24) is 9.97 Å². The number of carbonyl (C=O) groups is 1. The van der Waals surface area contributed by atoms with Gasteiger partial charge < -0.3 is 9.72 Å². The summed E-state index contributed by atoms with van der Waals surface area (Å²) in [5.74, 6) is -0.372. The SMILES string of the molecule is N#CCCOC(=O)c1ncc[nH]1. The minimum atomic E-state index is -0.532. The van der Waals surface area contributed by atoms with E-state index in [0.717, 1.165) is 0 Å². The topological polar surface area (TPSA) is 78.8 Å². The van der Waals surface area contributed by atoms with Gasteiger partial charge in [-0.05, 0) is 0 Å². The first-order chi connectivity index (χ1) is 5.84. The first-order valence-electron chi connectivity index (χ1n) is 3.38. The van der Waals surface area contributed by atoms with Crippen molar-refractivity contribution in [3.05, 3.63) is 18.2 Å². The van der Waals surface area contributed by atoms with Crippen molar-refractivity contribution in [3.8, 4) is 6.07 Å². The third-order valence-electron chi connectivity index (χ3n) is 1.14. The lowest BCUT2D eigenvalue weighted by molar-refractivity contribution is 0.0500. The number of hydrogen-bond acceptors (Lipinski definition) is 4.